The van der Waals surface area contributed by atoms with Crippen molar-refractivity contribution >= 4 is 10.0 Å². The smallest absolute Gasteiger partial charge is 0.244 e. The zero-order chi connectivity index (χ0) is 15.5. The van der Waals surface area contributed by atoms with E-state index in [1.165, 1.54) is 18.3 Å². The molecular formula is C15H21N3O2S. The van der Waals surface area contributed by atoms with E-state index in [4.69, 9.17) is 5.26 Å². The van der Waals surface area contributed by atoms with E-state index in [1.807, 2.05) is 6.07 Å². The van der Waals surface area contributed by atoms with Crippen molar-refractivity contribution in [3.8, 4) is 6.07 Å². The number of sulfonamides is 1. The fraction of sp³-hybridized carbons (Fsp3) is 0.600. The number of piperidine rings is 1. The predicted molar refractivity (Wildman–Crippen MR) is 80.0 cm³/mol. The van der Waals surface area contributed by atoms with E-state index in [1.54, 1.807) is 4.31 Å². The lowest BCUT2D eigenvalue weighted by atomic mass is 9.75. The summed E-state index contributed by atoms with van der Waals surface area (Å²) < 4.78 is 26.7. The molecule has 1 aromatic heterocycles. The number of hydrogen-bond donors (Lipinski definition) is 0. The van der Waals surface area contributed by atoms with Gasteiger partial charge in [-0.2, -0.15) is 9.57 Å². The molecule has 6 heteroatoms. The van der Waals surface area contributed by atoms with E-state index in [0.717, 1.165) is 25.7 Å². The van der Waals surface area contributed by atoms with Gasteiger partial charge in [0.05, 0.1) is 0 Å². The molecule has 0 aliphatic carbocycles. The average molecular weight is 307 g/mol. The summed E-state index contributed by atoms with van der Waals surface area (Å²) in [6.45, 7) is 5.48. The quantitative estimate of drug-likeness (QED) is 0.856. The Morgan fingerprint density at radius 3 is 2.33 bits per heavy atom. The summed E-state index contributed by atoms with van der Waals surface area (Å²) >= 11 is 0. The van der Waals surface area contributed by atoms with E-state index in [0.29, 0.717) is 13.1 Å². The number of nitriles is 1. The fourth-order valence-electron chi connectivity index (χ4n) is 2.91. The highest BCUT2D eigenvalue weighted by molar-refractivity contribution is 7.89. The van der Waals surface area contributed by atoms with E-state index in [9.17, 15) is 8.42 Å². The van der Waals surface area contributed by atoms with Gasteiger partial charge in [-0.3, -0.25) is 0 Å². The van der Waals surface area contributed by atoms with Crippen molar-refractivity contribution in [2.45, 2.75) is 44.4 Å². The molecule has 2 rings (SSSR count). The summed E-state index contributed by atoms with van der Waals surface area (Å²) in [7, 11) is -3.49. The van der Waals surface area contributed by atoms with Gasteiger partial charge >= 0.3 is 0 Å². The van der Waals surface area contributed by atoms with Crippen molar-refractivity contribution in [3.63, 3.8) is 0 Å². The molecule has 1 fully saturated rings. The Hall–Kier alpha value is -1.45. The van der Waals surface area contributed by atoms with E-state index < -0.39 is 10.0 Å². The van der Waals surface area contributed by atoms with Gasteiger partial charge in [-0.15, -0.1) is 0 Å². The van der Waals surface area contributed by atoms with Crippen molar-refractivity contribution < 1.29 is 8.42 Å². The molecule has 0 bridgehead atoms. The maximum Gasteiger partial charge on any atom is 0.244 e. The van der Waals surface area contributed by atoms with Crippen molar-refractivity contribution in [3.05, 3.63) is 24.0 Å². The van der Waals surface area contributed by atoms with Crippen LogP contribution in [-0.4, -0.2) is 30.8 Å². The molecule has 0 saturated carbocycles. The molecule has 0 radical (unpaired) electrons. The van der Waals surface area contributed by atoms with Crippen LogP contribution in [0.3, 0.4) is 0 Å². The molecule has 1 saturated heterocycles. The Morgan fingerprint density at radius 2 is 1.90 bits per heavy atom. The van der Waals surface area contributed by atoms with Crippen LogP contribution in [0.2, 0.25) is 0 Å². The Morgan fingerprint density at radius 1 is 1.29 bits per heavy atom. The van der Waals surface area contributed by atoms with Gasteiger partial charge in [0.15, 0.2) is 0 Å². The highest BCUT2D eigenvalue weighted by atomic mass is 32.2. The Balaban J connectivity index is 2.16. The number of nitrogens with zero attached hydrogens (tertiary/aromatic N) is 3. The van der Waals surface area contributed by atoms with Crippen LogP contribution in [-0.2, 0) is 10.0 Å². The van der Waals surface area contributed by atoms with Crippen LogP contribution in [0.4, 0.5) is 0 Å². The minimum atomic E-state index is -3.49. The first-order chi connectivity index (χ1) is 9.97. The maximum absolute atomic E-state index is 12.6. The Bertz CT molecular complexity index is 618. The first kappa shape index (κ1) is 15.9. The molecule has 0 atom stereocenters. The highest BCUT2D eigenvalue weighted by Crippen LogP contribution is 2.39. The summed E-state index contributed by atoms with van der Waals surface area (Å²) in [6, 6.07) is 4.80. The lowest BCUT2D eigenvalue weighted by Crippen LogP contribution is -2.42. The van der Waals surface area contributed by atoms with Gasteiger partial charge in [0, 0.05) is 19.3 Å². The third-order valence-electron chi connectivity index (χ3n) is 4.77. The molecule has 0 unspecified atom stereocenters. The second-order valence-corrected chi connectivity index (χ2v) is 7.54. The molecule has 21 heavy (non-hydrogen) atoms. The van der Waals surface area contributed by atoms with Crippen molar-refractivity contribution in [1.29, 1.82) is 5.26 Å². The fourth-order valence-corrected chi connectivity index (χ4v) is 4.29. The SMILES string of the molecule is CCC1(CC)CCN(S(=O)(=O)c2ccc(C#N)nc2)CC1. The normalized spacial score (nSPS) is 19.1. The minimum Gasteiger partial charge on any atom is -0.244 e. The van der Waals surface area contributed by atoms with Crippen LogP contribution >= 0.6 is 0 Å². The van der Waals surface area contributed by atoms with Gasteiger partial charge in [0.2, 0.25) is 10.0 Å². The molecule has 114 valence electrons. The number of hydrogen-bond acceptors (Lipinski definition) is 4. The van der Waals surface area contributed by atoms with Crippen molar-refractivity contribution in [1.82, 2.24) is 9.29 Å². The maximum atomic E-state index is 12.6. The van der Waals surface area contributed by atoms with Crippen LogP contribution in [0.1, 0.15) is 45.2 Å². The van der Waals surface area contributed by atoms with E-state index >= 15 is 0 Å². The molecule has 1 aliphatic heterocycles. The van der Waals surface area contributed by atoms with E-state index in [-0.39, 0.29) is 16.0 Å². The topological polar surface area (TPSA) is 74.1 Å². The molecule has 5 nitrogen and oxygen atoms in total. The van der Waals surface area contributed by atoms with Gasteiger partial charge in [-0.1, -0.05) is 26.7 Å². The van der Waals surface area contributed by atoms with Crippen LogP contribution in [0.15, 0.2) is 23.2 Å². The monoisotopic (exact) mass is 307 g/mol. The summed E-state index contributed by atoms with van der Waals surface area (Å²) in [4.78, 5) is 4.02. The molecular weight excluding hydrogens is 286 g/mol. The second kappa shape index (κ2) is 6.12. The summed E-state index contributed by atoms with van der Waals surface area (Å²) in [5.74, 6) is 0. The van der Waals surface area contributed by atoms with Crippen molar-refractivity contribution in [2.24, 2.45) is 5.41 Å². The van der Waals surface area contributed by atoms with Crippen LogP contribution in [0, 0.1) is 16.7 Å². The standard InChI is InChI=1S/C15H21N3O2S/c1-3-15(4-2)7-9-18(10-8-15)21(19,20)14-6-5-13(11-16)17-12-14/h5-6,12H,3-4,7-10H2,1-2H3. The number of pyridine rings is 1. The lowest BCUT2D eigenvalue weighted by Gasteiger charge is -2.40. The Kier molecular flexibility index (Phi) is 4.64. The molecule has 0 spiro atoms. The van der Waals surface area contributed by atoms with Gasteiger partial charge in [0.25, 0.3) is 0 Å². The third-order valence-corrected chi connectivity index (χ3v) is 6.65. The molecule has 0 aromatic carbocycles. The predicted octanol–water partition coefficient (Wildman–Crippen LogP) is 2.54. The average Bonchev–Trinajstić information content (AvgIpc) is 2.55. The molecule has 0 amide bonds. The molecule has 1 aromatic rings. The second-order valence-electron chi connectivity index (χ2n) is 5.60. The largest absolute Gasteiger partial charge is 0.244 e. The summed E-state index contributed by atoms with van der Waals surface area (Å²) in [5.41, 5.74) is 0.512. The number of aromatic nitrogens is 1. The van der Waals surface area contributed by atoms with Gasteiger partial charge < -0.3 is 0 Å². The number of rotatable bonds is 4. The molecule has 0 N–H and O–H groups in total. The van der Waals surface area contributed by atoms with Gasteiger partial charge in [-0.25, -0.2) is 13.4 Å². The minimum absolute atomic E-state index is 0.169. The van der Waals surface area contributed by atoms with Crippen LogP contribution in [0.25, 0.3) is 0 Å². The van der Waals surface area contributed by atoms with Crippen molar-refractivity contribution in [2.75, 3.05) is 13.1 Å². The van der Waals surface area contributed by atoms with Crippen LogP contribution < -0.4 is 0 Å². The Labute approximate surface area is 126 Å². The van der Waals surface area contributed by atoms with Gasteiger partial charge in [0.1, 0.15) is 16.7 Å². The third kappa shape index (κ3) is 3.09. The summed E-state index contributed by atoms with van der Waals surface area (Å²) in [6.07, 6.45) is 5.27. The first-order valence-corrected chi connectivity index (χ1v) is 8.78. The first-order valence-electron chi connectivity index (χ1n) is 7.34. The van der Waals surface area contributed by atoms with E-state index in [2.05, 4.69) is 18.8 Å². The van der Waals surface area contributed by atoms with Gasteiger partial charge in [-0.05, 0) is 30.4 Å². The molecule has 1 aliphatic rings. The molecule has 2 heterocycles. The van der Waals surface area contributed by atoms with Crippen LogP contribution in [0.5, 0.6) is 0 Å². The summed E-state index contributed by atoms with van der Waals surface area (Å²) in [5, 5.41) is 8.72. The highest BCUT2D eigenvalue weighted by Gasteiger charge is 2.36. The zero-order valence-corrected chi connectivity index (χ0v) is 13.4. The zero-order valence-electron chi connectivity index (χ0n) is 12.5. The lowest BCUT2D eigenvalue weighted by molar-refractivity contribution is 0.141.